The molecule has 31 heavy (non-hydrogen) atoms. The molecule has 0 fully saturated rings. The summed E-state index contributed by atoms with van der Waals surface area (Å²) in [6.45, 7) is 0. The van der Waals surface area contributed by atoms with Crippen LogP contribution in [0, 0.1) is 11.6 Å². The molecular weight excluding hydrogens is 426 g/mol. The molecule has 0 unspecified atom stereocenters. The van der Waals surface area contributed by atoms with E-state index >= 15 is 0 Å². The number of carbonyl (C=O) groups excluding carboxylic acids is 1. The molecule has 0 aliphatic rings. The lowest BCUT2D eigenvalue weighted by Crippen LogP contribution is -2.15. The van der Waals surface area contributed by atoms with Crippen LogP contribution >= 0.6 is 0 Å². The zero-order valence-corrected chi connectivity index (χ0v) is 17.4. The van der Waals surface area contributed by atoms with Gasteiger partial charge in [-0.25, -0.2) is 17.2 Å². The highest BCUT2D eigenvalue weighted by atomic mass is 32.2. The third-order valence-electron chi connectivity index (χ3n) is 4.38. The van der Waals surface area contributed by atoms with Crippen LogP contribution in [0.1, 0.15) is 12.0 Å². The van der Waals surface area contributed by atoms with Crippen molar-refractivity contribution in [2.45, 2.75) is 17.7 Å². The van der Waals surface area contributed by atoms with Crippen LogP contribution < -0.4 is 14.8 Å². The average molecular weight is 446 g/mol. The first-order valence-corrected chi connectivity index (χ1v) is 10.8. The Labute approximate surface area is 178 Å². The molecule has 0 aliphatic heterocycles. The summed E-state index contributed by atoms with van der Waals surface area (Å²) in [5.41, 5.74) is 1.15. The van der Waals surface area contributed by atoms with Gasteiger partial charge in [0.05, 0.1) is 17.7 Å². The maximum atomic E-state index is 13.2. The van der Waals surface area contributed by atoms with Crippen LogP contribution in [0.5, 0.6) is 5.75 Å². The fraction of sp³-hybridized carbons (Fsp3) is 0.136. The van der Waals surface area contributed by atoms with Crippen molar-refractivity contribution in [1.82, 2.24) is 0 Å². The third kappa shape index (κ3) is 6.02. The maximum Gasteiger partial charge on any atom is 0.262 e. The molecule has 0 aliphatic carbocycles. The van der Waals surface area contributed by atoms with Gasteiger partial charge < -0.3 is 10.1 Å². The van der Waals surface area contributed by atoms with Gasteiger partial charge in [0.1, 0.15) is 17.4 Å². The van der Waals surface area contributed by atoms with E-state index in [0.717, 1.165) is 24.3 Å². The molecule has 0 bridgehead atoms. The molecule has 3 aromatic carbocycles. The number of amides is 1. The smallest absolute Gasteiger partial charge is 0.262 e. The molecule has 9 heteroatoms. The topological polar surface area (TPSA) is 84.5 Å². The van der Waals surface area contributed by atoms with E-state index in [4.69, 9.17) is 4.74 Å². The summed E-state index contributed by atoms with van der Waals surface area (Å²) in [6.07, 6.45) is 0.468. The number of hydrogen-bond donors (Lipinski definition) is 2. The van der Waals surface area contributed by atoms with Gasteiger partial charge >= 0.3 is 0 Å². The van der Waals surface area contributed by atoms with Gasteiger partial charge in [-0.3, -0.25) is 9.52 Å². The van der Waals surface area contributed by atoms with E-state index in [1.54, 1.807) is 18.2 Å². The Morgan fingerprint density at radius 3 is 2.39 bits per heavy atom. The lowest BCUT2D eigenvalue weighted by Gasteiger charge is -2.14. The maximum absolute atomic E-state index is 13.2. The Hall–Kier alpha value is -3.46. The van der Waals surface area contributed by atoms with Crippen molar-refractivity contribution in [3.8, 4) is 5.75 Å². The van der Waals surface area contributed by atoms with Crippen LogP contribution in [0.2, 0.25) is 0 Å². The second-order valence-electron chi connectivity index (χ2n) is 6.65. The molecule has 0 saturated heterocycles. The predicted molar refractivity (Wildman–Crippen MR) is 114 cm³/mol. The fourth-order valence-corrected chi connectivity index (χ4v) is 3.92. The van der Waals surface area contributed by atoms with Gasteiger partial charge in [-0.15, -0.1) is 0 Å². The molecule has 2 N–H and O–H groups in total. The fourth-order valence-electron chi connectivity index (χ4n) is 2.86. The number of aryl methyl sites for hydroxylation is 1. The summed E-state index contributed by atoms with van der Waals surface area (Å²) in [6, 6.07) is 14.8. The molecule has 0 atom stereocenters. The first-order valence-electron chi connectivity index (χ1n) is 9.27. The number of ether oxygens (including phenoxy) is 1. The zero-order valence-electron chi connectivity index (χ0n) is 16.6. The molecule has 0 saturated carbocycles. The number of carbonyl (C=O) groups is 1. The monoisotopic (exact) mass is 446 g/mol. The number of methoxy groups -OCH3 is 1. The quantitative estimate of drug-likeness (QED) is 0.539. The Balaban J connectivity index is 1.72. The Kier molecular flexibility index (Phi) is 6.86. The van der Waals surface area contributed by atoms with Crippen LogP contribution in [-0.4, -0.2) is 21.4 Å². The van der Waals surface area contributed by atoms with Gasteiger partial charge in [0.25, 0.3) is 10.0 Å². The highest BCUT2D eigenvalue weighted by Crippen LogP contribution is 2.30. The Morgan fingerprint density at radius 2 is 1.71 bits per heavy atom. The van der Waals surface area contributed by atoms with Crippen molar-refractivity contribution in [2.75, 3.05) is 17.1 Å². The average Bonchev–Trinajstić information content (AvgIpc) is 2.73. The first-order chi connectivity index (χ1) is 14.8. The second-order valence-corrected chi connectivity index (χ2v) is 8.33. The predicted octanol–water partition coefficient (Wildman–Crippen LogP) is 4.35. The van der Waals surface area contributed by atoms with Gasteiger partial charge in [0, 0.05) is 12.1 Å². The number of nitrogens with one attached hydrogen (secondary N) is 2. The van der Waals surface area contributed by atoms with Crippen molar-refractivity contribution >= 4 is 27.3 Å². The molecule has 162 valence electrons. The van der Waals surface area contributed by atoms with E-state index in [2.05, 4.69) is 10.0 Å². The summed E-state index contributed by atoms with van der Waals surface area (Å²) in [5, 5.41) is 2.68. The number of sulfonamides is 1. The van der Waals surface area contributed by atoms with Crippen LogP contribution in [0.15, 0.2) is 71.6 Å². The lowest BCUT2D eigenvalue weighted by molar-refractivity contribution is -0.116. The molecule has 3 aromatic rings. The van der Waals surface area contributed by atoms with Crippen molar-refractivity contribution in [3.05, 3.63) is 83.9 Å². The number of halogens is 2. The number of rotatable bonds is 8. The minimum absolute atomic E-state index is 0.106. The highest BCUT2D eigenvalue weighted by Gasteiger charge is 2.17. The Bertz CT molecular complexity index is 1180. The number of anilines is 2. The van der Waals surface area contributed by atoms with Gasteiger partial charge in [0.2, 0.25) is 5.91 Å². The summed E-state index contributed by atoms with van der Waals surface area (Å²) in [7, 11) is -2.63. The van der Waals surface area contributed by atoms with Gasteiger partial charge in [-0.05, 0) is 66.6 Å². The van der Waals surface area contributed by atoms with Crippen molar-refractivity contribution in [2.24, 2.45) is 0 Å². The van der Waals surface area contributed by atoms with Crippen molar-refractivity contribution in [3.63, 3.8) is 0 Å². The minimum Gasteiger partial charge on any atom is -0.495 e. The second kappa shape index (κ2) is 9.57. The van der Waals surface area contributed by atoms with Crippen molar-refractivity contribution < 1.29 is 26.7 Å². The molecule has 0 heterocycles. The van der Waals surface area contributed by atoms with Gasteiger partial charge in [0.15, 0.2) is 0 Å². The van der Waals surface area contributed by atoms with E-state index < -0.39 is 15.8 Å². The lowest BCUT2D eigenvalue weighted by atomic mass is 10.1. The van der Waals surface area contributed by atoms with Crippen LogP contribution in [0.25, 0.3) is 0 Å². The summed E-state index contributed by atoms with van der Waals surface area (Å²) >= 11 is 0. The standard InChI is InChI=1S/C22H20F2N2O4S/c1-30-21-11-8-18(25-22(27)12-5-15-3-2-4-17(24)13-15)14-20(21)26-31(28,29)19-9-6-16(23)7-10-19/h2-4,6-11,13-14,26H,5,12H2,1H3,(H,25,27). The molecule has 3 rings (SSSR count). The van der Waals surface area contributed by atoms with Crippen LogP contribution in [-0.2, 0) is 21.2 Å². The van der Waals surface area contributed by atoms with Crippen LogP contribution in [0.4, 0.5) is 20.2 Å². The Morgan fingerprint density at radius 1 is 0.968 bits per heavy atom. The van der Waals surface area contributed by atoms with E-state index in [9.17, 15) is 22.0 Å². The number of benzene rings is 3. The van der Waals surface area contributed by atoms with E-state index in [1.165, 1.54) is 31.4 Å². The highest BCUT2D eigenvalue weighted by molar-refractivity contribution is 7.92. The third-order valence-corrected chi connectivity index (χ3v) is 5.76. The molecule has 6 nitrogen and oxygen atoms in total. The summed E-state index contributed by atoms with van der Waals surface area (Å²) in [5.74, 6) is -1.00. The first kappa shape index (κ1) is 22.2. The molecule has 1 amide bonds. The van der Waals surface area contributed by atoms with Crippen molar-refractivity contribution in [1.29, 1.82) is 0 Å². The van der Waals surface area contributed by atoms with Gasteiger partial charge in [-0.2, -0.15) is 0 Å². The normalized spacial score (nSPS) is 11.1. The summed E-state index contributed by atoms with van der Waals surface area (Å²) in [4.78, 5) is 12.1. The molecule has 0 spiro atoms. The minimum atomic E-state index is -4.00. The van der Waals surface area contributed by atoms with Crippen LogP contribution in [0.3, 0.4) is 0 Å². The molecule has 0 radical (unpaired) electrons. The van der Waals surface area contributed by atoms with Gasteiger partial charge in [-0.1, -0.05) is 12.1 Å². The largest absolute Gasteiger partial charge is 0.495 e. The van der Waals surface area contributed by atoms with E-state index in [-0.39, 0.29) is 34.5 Å². The zero-order chi connectivity index (χ0) is 22.4. The molecular formula is C22H20F2N2O4S. The van der Waals surface area contributed by atoms with E-state index in [1.807, 2.05) is 0 Å². The van der Waals surface area contributed by atoms with E-state index in [0.29, 0.717) is 17.7 Å². The summed E-state index contributed by atoms with van der Waals surface area (Å²) < 4.78 is 59.1. The number of hydrogen-bond acceptors (Lipinski definition) is 4. The molecule has 0 aromatic heterocycles. The SMILES string of the molecule is COc1ccc(NC(=O)CCc2cccc(F)c2)cc1NS(=O)(=O)c1ccc(F)cc1.